The van der Waals surface area contributed by atoms with Crippen LogP contribution < -0.4 is 0 Å². The van der Waals surface area contributed by atoms with Gasteiger partial charge in [-0.15, -0.1) is 0 Å². The molecule has 2 heterocycles. The molecule has 0 aromatic carbocycles. The number of hydrogen-bond acceptors (Lipinski definition) is 1. The fraction of sp³-hybridized carbons (Fsp3) is 0.562. The Morgan fingerprint density at radius 2 is 2.21 bits per heavy atom. The molecule has 2 aromatic heterocycles. The van der Waals surface area contributed by atoms with Gasteiger partial charge in [0.2, 0.25) is 0 Å². The Kier molecular flexibility index (Phi) is 3.20. The molecule has 0 spiro atoms. The lowest BCUT2D eigenvalue weighted by Gasteiger charge is -2.36. The maximum atomic E-state index is 4.78. The van der Waals surface area contributed by atoms with Crippen LogP contribution in [0.25, 0.3) is 5.65 Å². The second-order valence-electron chi connectivity index (χ2n) is 6.36. The summed E-state index contributed by atoms with van der Waals surface area (Å²) in [5.41, 5.74) is 4.24. The first-order valence-corrected chi connectivity index (χ1v) is 7.96. The van der Waals surface area contributed by atoms with E-state index in [2.05, 4.69) is 59.4 Å². The highest BCUT2D eigenvalue weighted by molar-refractivity contribution is 9.10. The zero-order valence-electron chi connectivity index (χ0n) is 11.9. The molecule has 3 heteroatoms. The van der Waals surface area contributed by atoms with E-state index < -0.39 is 0 Å². The van der Waals surface area contributed by atoms with Gasteiger partial charge in [-0.05, 0) is 58.7 Å². The first-order chi connectivity index (χ1) is 9.01. The first kappa shape index (κ1) is 13.2. The normalized spacial score (nSPS) is 19.7. The van der Waals surface area contributed by atoms with E-state index in [1.165, 1.54) is 24.2 Å². The second kappa shape index (κ2) is 4.62. The monoisotopic (exact) mass is 320 g/mol. The molecule has 0 fully saturated rings. The van der Waals surface area contributed by atoms with Crippen molar-refractivity contribution in [3.8, 4) is 0 Å². The summed E-state index contributed by atoms with van der Waals surface area (Å²) in [6.07, 6.45) is 6.96. The van der Waals surface area contributed by atoms with Crippen LogP contribution in [-0.2, 0) is 12.8 Å². The summed E-state index contributed by atoms with van der Waals surface area (Å²) in [5.74, 6) is 0.767. The van der Waals surface area contributed by atoms with Gasteiger partial charge < -0.3 is 4.40 Å². The lowest BCUT2D eigenvalue weighted by Crippen LogP contribution is -2.29. The van der Waals surface area contributed by atoms with Gasteiger partial charge in [-0.2, -0.15) is 0 Å². The van der Waals surface area contributed by atoms with E-state index in [4.69, 9.17) is 4.98 Å². The van der Waals surface area contributed by atoms with E-state index in [9.17, 15) is 0 Å². The van der Waals surface area contributed by atoms with Crippen molar-refractivity contribution in [2.24, 2.45) is 11.3 Å². The zero-order chi connectivity index (χ0) is 13.6. The predicted molar refractivity (Wildman–Crippen MR) is 82.5 cm³/mol. The molecule has 1 atom stereocenters. The van der Waals surface area contributed by atoms with Crippen molar-refractivity contribution in [3.63, 3.8) is 0 Å². The van der Waals surface area contributed by atoms with Crippen LogP contribution in [0.4, 0.5) is 0 Å². The largest absolute Gasteiger partial charge is 0.303 e. The summed E-state index contributed by atoms with van der Waals surface area (Å²) in [7, 11) is 0. The number of rotatable bonds is 2. The Morgan fingerprint density at radius 1 is 1.42 bits per heavy atom. The van der Waals surface area contributed by atoms with Crippen molar-refractivity contribution in [2.45, 2.75) is 46.5 Å². The minimum atomic E-state index is 0.424. The Morgan fingerprint density at radius 3 is 2.95 bits per heavy atom. The summed E-state index contributed by atoms with van der Waals surface area (Å²) in [6, 6.07) is 4.17. The molecule has 2 nitrogen and oxygen atoms in total. The summed E-state index contributed by atoms with van der Waals surface area (Å²) in [5, 5.41) is 0. The van der Waals surface area contributed by atoms with Crippen molar-refractivity contribution in [3.05, 3.63) is 34.2 Å². The van der Waals surface area contributed by atoms with Gasteiger partial charge in [-0.3, -0.25) is 0 Å². The number of pyridine rings is 1. The number of fused-ring (bicyclic) bond motifs is 3. The third kappa shape index (κ3) is 2.22. The second-order valence-corrected chi connectivity index (χ2v) is 7.28. The van der Waals surface area contributed by atoms with Crippen LogP contribution in [0, 0.1) is 11.3 Å². The van der Waals surface area contributed by atoms with E-state index in [0.29, 0.717) is 5.41 Å². The van der Waals surface area contributed by atoms with E-state index in [-0.39, 0.29) is 0 Å². The van der Waals surface area contributed by atoms with Gasteiger partial charge in [-0.1, -0.05) is 27.2 Å². The zero-order valence-corrected chi connectivity index (χ0v) is 13.5. The number of nitrogens with zero attached hydrogens (tertiary/aromatic N) is 2. The average molecular weight is 321 g/mol. The molecule has 1 aliphatic carbocycles. The molecule has 2 aromatic rings. The van der Waals surface area contributed by atoms with Crippen LogP contribution in [0.15, 0.2) is 22.8 Å². The van der Waals surface area contributed by atoms with E-state index in [0.717, 1.165) is 28.9 Å². The van der Waals surface area contributed by atoms with Crippen molar-refractivity contribution in [1.29, 1.82) is 0 Å². The van der Waals surface area contributed by atoms with Gasteiger partial charge in [0.05, 0.1) is 5.69 Å². The highest BCUT2D eigenvalue weighted by Crippen LogP contribution is 2.39. The van der Waals surface area contributed by atoms with Crippen LogP contribution in [0.5, 0.6) is 0 Å². The van der Waals surface area contributed by atoms with E-state index in [1.54, 1.807) is 0 Å². The topological polar surface area (TPSA) is 17.3 Å². The molecular formula is C16H21BrN2. The Hall–Kier alpha value is -0.830. The maximum Gasteiger partial charge on any atom is 0.137 e. The lowest BCUT2D eigenvalue weighted by atomic mass is 9.70. The summed E-state index contributed by atoms with van der Waals surface area (Å²) in [6.45, 7) is 7.12. The number of imidazole rings is 1. The SMILES string of the molecule is CCC(C)(C)C1CCc2nc3ccc(Br)cn3c2C1. The number of halogens is 1. The van der Waals surface area contributed by atoms with Gasteiger partial charge in [0, 0.05) is 16.4 Å². The third-order valence-electron chi connectivity index (χ3n) is 4.95. The molecular weight excluding hydrogens is 300 g/mol. The molecule has 0 aliphatic heterocycles. The molecule has 0 saturated carbocycles. The molecule has 0 bridgehead atoms. The number of hydrogen-bond donors (Lipinski definition) is 0. The minimum absolute atomic E-state index is 0.424. The summed E-state index contributed by atoms with van der Waals surface area (Å²) in [4.78, 5) is 4.78. The Labute approximate surface area is 123 Å². The molecule has 1 aliphatic rings. The smallest absolute Gasteiger partial charge is 0.137 e. The highest BCUT2D eigenvalue weighted by atomic mass is 79.9. The number of aromatic nitrogens is 2. The Balaban J connectivity index is 2.04. The van der Waals surface area contributed by atoms with E-state index >= 15 is 0 Å². The van der Waals surface area contributed by atoms with Crippen molar-refractivity contribution in [1.82, 2.24) is 9.38 Å². The van der Waals surface area contributed by atoms with Gasteiger partial charge in [-0.25, -0.2) is 4.98 Å². The third-order valence-corrected chi connectivity index (χ3v) is 5.42. The highest BCUT2D eigenvalue weighted by Gasteiger charge is 2.32. The van der Waals surface area contributed by atoms with Crippen molar-refractivity contribution >= 4 is 21.6 Å². The number of aryl methyl sites for hydroxylation is 1. The summed E-state index contributed by atoms with van der Waals surface area (Å²) < 4.78 is 3.40. The predicted octanol–water partition coefficient (Wildman–Crippen LogP) is 4.64. The van der Waals surface area contributed by atoms with Gasteiger partial charge in [0.1, 0.15) is 5.65 Å². The molecule has 1 unspecified atom stereocenters. The summed E-state index contributed by atoms with van der Waals surface area (Å²) >= 11 is 3.56. The lowest BCUT2D eigenvalue weighted by molar-refractivity contribution is 0.180. The molecule has 0 radical (unpaired) electrons. The minimum Gasteiger partial charge on any atom is -0.303 e. The van der Waals surface area contributed by atoms with Gasteiger partial charge in [0.25, 0.3) is 0 Å². The maximum absolute atomic E-state index is 4.78. The fourth-order valence-corrected chi connectivity index (χ4v) is 3.47. The van der Waals surface area contributed by atoms with Crippen LogP contribution in [0.3, 0.4) is 0 Å². The van der Waals surface area contributed by atoms with Crippen LogP contribution in [0.2, 0.25) is 0 Å². The fourth-order valence-electron chi connectivity index (χ4n) is 3.13. The molecule has 102 valence electrons. The van der Waals surface area contributed by atoms with Gasteiger partial charge in [0.15, 0.2) is 0 Å². The van der Waals surface area contributed by atoms with Crippen molar-refractivity contribution in [2.75, 3.05) is 0 Å². The first-order valence-electron chi connectivity index (χ1n) is 7.16. The average Bonchev–Trinajstić information content (AvgIpc) is 2.76. The Bertz CT molecular complexity index is 612. The molecule has 0 amide bonds. The van der Waals surface area contributed by atoms with E-state index in [1.807, 2.05) is 0 Å². The van der Waals surface area contributed by atoms with Crippen LogP contribution in [-0.4, -0.2) is 9.38 Å². The van der Waals surface area contributed by atoms with Crippen LogP contribution >= 0.6 is 15.9 Å². The molecule has 0 N–H and O–H groups in total. The molecule has 3 rings (SSSR count). The standard InChI is InChI=1S/C16H21BrN2/c1-4-16(2,3)11-5-7-13-14(9-11)19-10-12(17)6-8-15(19)18-13/h6,8,10-11H,4-5,7,9H2,1-3H3. The molecule has 19 heavy (non-hydrogen) atoms. The van der Waals surface area contributed by atoms with Crippen molar-refractivity contribution < 1.29 is 0 Å². The molecule has 0 saturated heterocycles. The quantitative estimate of drug-likeness (QED) is 0.788. The van der Waals surface area contributed by atoms with Gasteiger partial charge >= 0.3 is 0 Å². The van der Waals surface area contributed by atoms with Crippen LogP contribution in [0.1, 0.15) is 45.0 Å².